The quantitative estimate of drug-likeness (QED) is 0.587. The highest BCUT2D eigenvalue weighted by Crippen LogP contribution is 2.34. The molecule has 4 aromatic rings. The highest BCUT2D eigenvalue weighted by molar-refractivity contribution is 5.74. The van der Waals surface area contributed by atoms with E-state index in [2.05, 4.69) is 15.2 Å². The molecule has 4 rings (SSSR count). The number of aromatic nitrogens is 3. The molecule has 0 spiro atoms. The fraction of sp³-hybridized carbons (Fsp3) is 0.0500. The van der Waals surface area contributed by atoms with Gasteiger partial charge in [-0.2, -0.15) is 0 Å². The van der Waals surface area contributed by atoms with Crippen molar-refractivity contribution in [2.75, 3.05) is 0 Å². The first kappa shape index (κ1) is 15.8. The van der Waals surface area contributed by atoms with Crippen molar-refractivity contribution in [3.63, 3.8) is 0 Å². The standard InChI is InChI=1S/C20H15N3O3/c24-17-6-7-19(25-12-14-4-2-1-3-5-14)18(9-17)15-8-16(11-21-10-15)20-23-22-13-26-20/h1-11,13,24H,12H2. The zero-order chi connectivity index (χ0) is 17.8. The maximum Gasteiger partial charge on any atom is 0.249 e. The second kappa shape index (κ2) is 7.06. The Hall–Kier alpha value is -3.67. The van der Waals surface area contributed by atoms with E-state index in [1.54, 1.807) is 30.6 Å². The van der Waals surface area contributed by atoms with E-state index in [9.17, 15) is 5.11 Å². The predicted octanol–water partition coefficient (Wildman–Crippen LogP) is 4.08. The van der Waals surface area contributed by atoms with Crippen molar-refractivity contribution in [1.82, 2.24) is 15.2 Å². The molecule has 6 nitrogen and oxygen atoms in total. The third-order valence-corrected chi connectivity index (χ3v) is 3.86. The van der Waals surface area contributed by atoms with Crippen molar-refractivity contribution in [3.8, 4) is 34.1 Å². The van der Waals surface area contributed by atoms with Crippen molar-refractivity contribution in [2.45, 2.75) is 6.61 Å². The lowest BCUT2D eigenvalue weighted by Crippen LogP contribution is -1.97. The maximum absolute atomic E-state index is 9.92. The van der Waals surface area contributed by atoms with Crippen LogP contribution in [0.4, 0.5) is 0 Å². The fourth-order valence-corrected chi connectivity index (χ4v) is 2.61. The van der Waals surface area contributed by atoms with E-state index in [0.717, 1.165) is 16.7 Å². The van der Waals surface area contributed by atoms with Gasteiger partial charge in [-0.15, -0.1) is 10.2 Å². The monoisotopic (exact) mass is 345 g/mol. The second-order valence-corrected chi connectivity index (χ2v) is 5.66. The lowest BCUT2D eigenvalue weighted by Gasteiger charge is -2.12. The lowest BCUT2D eigenvalue weighted by atomic mass is 10.0. The molecule has 0 saturated carbocycles. The molecule has 0 aliphatic carbocycles. The van der Waals surface area contributed by atoms with E-state index < -0.39 is 0 Å². The van der Waals surface area contributed by atoms with Gasteiger partial charge in [0.05, 0.1) is 5.56 Å². The van der Waals surface area contributed by atoms with E-state index in [-0.39, 0.29) is 5.75 Å². The van der Waals surface area contributed by atoms with Gasteiger partial charge >= 0.3 is 0 Å². The van der Waals surface area contributed by atoms with Crippen LogP contribution in [0.5, 0.6) is 11.5 Å². The lowest BCUT2D eigenvalue weighted by molar-refractivity contribution is 0.307. The molecule has 2 aromatic heterocycles. The highest BCUT2D eigenvalue weighted by atomic mass is 16.5. The summed E-state index contributed by atoms with van der Waals surface area (Å²) in [6.45, 7) is 0.426. The van der Waals surface area contributed by atoms with Gasteiger partial charge in [-0.05, 0) is 29.8 Å². The zero-order valence-corrected chi connectivity index (χ0v) is 13.7. The summed E-state index contributed by atoms with van der Waals surface area (Å²) < 4.78 is 11.2. The van der Waals surface area contributed by atoms with Gasteiger partial charge in [0.2, 0.25) is 12.3 Å². The van der Waals surface area contributed by atoms with Gasteiger partial charge in [0.1, 0.15) is 18.1 Å². The normalized spacial score (nSPS) is 10.6. The predicted molar refractivity (Wildman–Crippen MR) is 95.4 cm³/mol. The van der Waals surface area contributed by atoms with Gasteiger partial charge in [0.15, 0.2) is 0 Å². The number of phenols is 1. The summed E-state index contributed by atoms with van der Waals surface area (Å²) in [4.78, 5) is 4.24. The van der Waals surface area contributed by atoms with Gasteiger partial charge in [0, 0.05) is 23.5 Å². The van der Waals surface area contributed by atoms with Crippen molar-refractivity contribution >= 4 is 0 Å². The Labute approximate surface area is 149 Å². The molecule has 0 aliphatic heterocycles. The number of phenolic OH excluding ortho intramolecular Hbond substituents is 1. The number of benzene rings is 2. The second-order valence-electron chi connectivity index (χ2n) is 5.66. The number of pyridine rings is 1. The molecule has 128 valence electrons. The number of rotatable bonds is 5. The van der Waals surface area contributed by atoms with Gasteiger partial charge in [-0.25, -0.2) is 0 Å². The SMILES string of the molecule is Oc1ccc(OCc2ccccc2)c(-c2cncc(-c3nnco3)c2)c1. The molecule has 0 unspecified atom stereocenters. The van der Waals surface area contributed by atoms with Crippen LogP contribution in [0.1, 0.15) is 5.56 Å². The summed E-state index contributed by atoms with van der Waals surface area (Å²) in [6.07, 6.45) is 4.61. The van der Waals surface area contributed by atoms with Gasteiger partial charge in [-0.1, -0.05) is 30.3 Å². The Morgan fingerprint density at radius 2 is 1.81 bits per heavy atom. The van der Waals surface area contributed by atoms with Crippen LogP contribution in [0.2, 0.25) is 0 Å². The minimum Gasteiger partial charge on any atom is -0.508 e. The smallest absolute Gasteiger partial charge is 0.249 e. The first-order chi connectivity index (χ1) is 12.8. The minimum atomic E-state index is 0.148. The van der Waals surface area contributed by atoms with Crippen LogP contribution in [0.15, 0.2) is 77.8 Å². The number of aromatic hydroxyl groups is 1. The molecule has 0 saturated heterocycles. The zero-order valence-electron chi connectivity index (χ0n) is 13.7. The van der Waals surface area contributed by atoms with Crippen LogP contribution < -0.4 is 4.74 Å². The number of hydrogen-bond donors (Lipinski definition) is 1. The fourth-order valence-electron chi connectivity index (χ4n) is 2.61. The van der Waals surface area contributed by atoms with Crippen LogP contribution in [0, 0.1) is 0 Å². The van der Waals surface area contributed by atoms with Crippen molar-refractivity contribution in [2.24, 2.45) is 0 Å². The maximum atomic E-state index is 9.92. The molecular formula is C20H15N3O3. The molecule has 1 N–H and O–H groups in total. The van der Waals surface area contributed by atoms with Crippen molar-refractivity contribution in [1.29, 1.82) is 0 Å². The van der Waals surface area contributed by atoms with E-state index in [1.807, 2.05) is 36.4 Å². The summed E-state index contributed by atoms with van der Waals surface area (Å²) in [5.41, 5.74) is 3.26. The van der Waals surface area contributed by atoms with Crippen LogP contribution in [-0.4, -0.2) is 20.3 Å². The Balaban J connectivity index is 1.67. The molecule has 0 amide bonds. The van der Waals surface area contributed by atoms with Crippen molar-refractivity contribution < 1.29 is 14.3 Å². The summed E-state index contributed by atoms with van der Waals surface area (Å²) in [7, 11) is 0. The molecule has 2 heterocycles. The summed E-state index contributed by atoms with van der Waals surface area (Å²) >= 11 is 0. The van der Waals surface area contributed by atoms with E-state index in [0.29, 0.717) is 23.8 Å². The molecular weight excluding hydrogens is 330 g/mol. The first-order valence-electron chi connectivity index (χ1n) is 8.01. The Morgan fingerprint density at radius 3 is 2.62 bits per heavy atom. The number of hydrogen-bond acceptors (Lipinski definition) is 6. The summed E-state index contributed by atoms with van der Waals surface area (Å²) in [5.74, 6) is 1.18. The van der Waals surface area contributed by atoms with Crippen LogP contribution in [0.3, 0.4) is 0 Å². The largest absolute Gasteiger partial charge is 0.508 e. The number of nitrogens with zero attached hydrogens (tertiary/aromatic N) is 3. The van der Waals surface area contributed by atoms with Gasteiger partial charge < -0.3 is 14.3 Å². The summed E-state index contributed by atoms with van der Waals surface area (Å²) in [6, 6.07) is 16.7. The van der Waals surface area contributed by atoms with E-state index in [1.165, 1.54) is 6.39 Å². The van der Waals surface area contributed by atoms with Crippen LogP contribution in [0.25, 0.3) is 22.6 Å². The van der Waals surface area contributed by atoms with E-state index in [4.69, 9.17) is 9.15 Å². The number of ether oxygens (including phenoxy) is 1. The Kier molecular flexibility index (Phi) is 4.30. The topological polar surface area (TPSA) is 81.3 Å². The minimum absolute atomic E-state index is 0.148. The van der Waals surface area contributed by atoms with Crippen molar-refractivity contribution in [3.05, 3.63) is 78.9 Å². The molecule has 0 bridgehead atoms. The van der Waals surface area contributed by atoms with Gasteiger partial charge in [-0.3, -0.25) is 4.98 Å². The first-order valence-corrected chi connectivity index (χ1v) is 8.01. The van der Waals surface area contributed by atoms with Crippen LogP contribution in [-0.2, 0) is 6.61 Å². The molecule has 0 atom stereocenters. The Bertz CT molecular complexity index is 1000. The molecule has 6 heteroatoms. The molecule has 2 aromatic carbocycles. The molecule has 0 radical (unpaired) electrons. The highest BCUT2D eigenvalue weighted by Gasteiger charge is 2.12. The van der Waals surface area contributed by atoms with E-state index >= 15 is 0 Å². The molecule has 0 aliphatic rings. The third-order valence-electron chi connectivity index (χ3n) is 3.86. The average molecular weight is 345 g/mol. The molecule has 0 fully saturated rings. The average Bonchev–Trinajstić information content (AvgIpc) is 3.23. The molecule has 26 heavy (non-hydrogen) atoms. The van der Waals surface area contributed by atoms with Gasteiger partial charge in [0.25, 0.3) is 0 Å². The Morgan fingerprint density at radius 1 is 0.962 bits per heavy atom. The summed E-state index contributed by atoms with van der Waals surface area (Å²) in [5, 5.41) is 17.5. The van der Waals surface area contributed by atoms with Crippen LogP contribution >= 0.6 is 0 Å². The third kappa shape index (κ3) is 3.39.